The van der Waals surface area contributed by atoms with E-state index in [2.05, 4.69) is 66.1 Å². The summed E-state index contributed by atoms with van der Waals surface area (Å²) in [7, 11) is 0. The molecule has 1 aliphatic heterocycles. The first-order chi connectivity index (χ1) is 12.2. The van der Waals surface area contributed by atoms with Crippen LogP contribution in [0.2, 0.25) is 0 Å². The molecule has 2 aromatic carbocycles. The maximum atomic E-state index is 12.6. The number of benzene rings is 2. The molecule has 1 spiro atoms. The third-order valence-corrected chi connectivity index (χ3v) is 5.98. The topological polar surface area (TPSA) is 41.1 Å². The number of amides is 1. The largest absolute Gasteiger partial charge is 0.349 e. The second kappa shape index (κ2) is 7.81. The molecule has 2 unspecified atom stereocenters. The van der Waals surface area contributed by atoms with Crippen LogP contribution in [0.3, 0.4) is 0 Å². The number of piperidine rings is 1. The second-order valence-electron chi connectivity index (χ2n) is 7.59. The van der Waals surface area contributed by atoms with Crippen molar-refractivity contribution in [2.75, 3.05) is 13.1 Å². The number of nitrogens with one attached hydrogen (secondary N) is 2. The van der Waals surface area contributed by atoms with Crippen LogP contribution in [0, 0.1) is 11.3 Å². The molecule has 3 nitrogen and oxygen atoms in total. The molecule has 1 heterocycles. The number of hydrogen-bond acceptors (Lipinski definition) is 2. The Morgan fingerprint density at radius 3 is 2.31 bits per heavy atom. The third kappa shape index (κ3) is 3.79. The SMILES string of the molecule is CC(NC(=O)C1CC12CCNCC2)c1ccc(-c2ccccc2)cc1.Cl. The summed E-state index contributed by atoms with van der Waals surface area (Å²) >= 11 is 0. The fourth-order valence-corrected chi connectivity index (χ4v) is 4.19. The van der Waals surface area contributed by atoms with Crippen LogP contribution in [-0.2, 0) is 4.79 Å². The summed E-state index contributed by atoms with van der Waals surface area (Å²) in [4.78, 5) is 12.6. The van der Waals surface area contributed by atoms with Gasteiger partial charge in [-0.1, -0.05) is 54.6 Å². The van der Waals surface area contributed by atoms with Gasteiger partial charge in [0.15, 0.2) is 0 Å². The second-order valence-corrected chi connectivity index (χ2v) is 7.59. The Morgan fingerprint density at radius 1 is 1.04 bits per heavy atom. The van der Waals surface area contributed by atoms with Crippen LogP contribution in [0.4, 0.5) is 0 Å². The van der Waals surface area contributed by atoms with Gasteiger partial charge in [0.1, 0.15) is 0 Å². The van der Waals surface area contributed by atoms with Crippen LogP contribution in [0.5, 0.6) is 0 Å². The Bertz CT molecular complexity index is 738. The minimum atomic E-state index is 0. The molecule has 1 amide bonds. The predicted octanol–water partition coefficient (Wildman–Crippen LogP) is 4.34. The van der Waals surface area contributed by atoms with E-state index in [4.69, 9.17) is 0 Å². The van der Waals surface area contributed by atoms with Crippen LogP contribution in [-0.4, -0.2) is 19.0 Å². The van der Waals surface area contributed by atoms with E-state index in [0.717, 1.165) is 37.9 Å². The average molecular weight is 371 g/mol. The van der Waals surface area contributed by atoms with Crippen LogP contribution >= 0.6 is 12.4 Å². The molecule has 138 valence electrons. The monoisotopic (exact) mass is 370 g/mol. The Morgan fingerprint density at radius 2 is 1.65 bits per heavy atom. The lowest BCUT2D eigenvalue weighted by atomic mass is 9.91. The quantitative estimate of drug-likeness (QED) is 0.840. The summed E-state index contributed by atoms with van der Waals surface area (Å²) < 4.78 is 0. The zero-order chi connectivity index (χ0) is 17.3. The number of hydrogen-bond donors (Lipinski definition) is 2. The Balaban J connectivity index is 0.00000196. The van der Waals surface area contributed by atoms with Gasteiger partial charge in [-0.2, -0.15) is 0 Å². The summed E-state index contributed by atoms with van der Waals surface area (Å²) in [5, 5.41) is 6.62. The van der Waals surface area contributed by atoms with Gasteiger partial charge in [-0.05, 0) is 61.4 Å². The van der Waals surface area contributed by atoms with E-state index in [9.17, 15) is 4.79 Å². The zero-order valence-electron chi connectivity index (χ0n) is 15.2. The highest BCUT2D eigenvalue weighted by atomic mass is 35.5. The molecular formula is C22H27ClN2O. The lowest BCUT2D eigenvalue weighted by Gasteiger charge is -2.24. The minimum absolute atomic E-state index is 0. The van der Waals surface area contributed by atoms with Gasteiger partial charge >= 0.3 is 0 Å². The Kier molecular flexibility index (Phi) is 5.69. The van der Waals surface area contributed by atoms with Gasteiger partial charge in [-0.3, -0.25) is 4.79 Å². The summed E-state index contributed by atoms with van der Waals surface area (Å²) in [5.74, 6) is 0.460. The lowest BCUT2D eigenvalue weighted by Crippen LogP contribution is -2.34. The van der Waals surface area contributed by atoms with E-state index < -0.39 is 0 Å². The third-order valence-electron chi connectivity index (χ3n) is 5.98. The van der Waals surface area contributed by atoms with Crippen molar-refractivity contribution in [2.45, 2.75) is 32.2 Å². The summed E-state index contributed by atoms with van der Waals surface area (Å²) in [6, 6.07) is 19.0. The maximum Gasteiger partial charge on any atom is 0.224 e. The van der Waals surface area contributed by atoms with Crippen molar-refractivity contribution in [3.63, 3.8) is 0 Å². The van der Waals surface area contributed by atoms with E-state index in [1.165, 1.54) is 11.1 Å². The summed E-state index contributed by atoms with van der Waals surface area (Å²) in [6.07, 6.45) is 3.36. The van der Waals surface area contributed by atoms with Gasteiger partial charge in [-0.15, -0.1) is 12.4 Å². The smallest absolute Gasteiger partial charge is 0.224 e. The van der Waals surface area contributed by atoms with E-state index in [1.54, 1.807) is 0 Å². The van der Waals surface area contributed by atoms with Crippen molar-refractivity contribution in [1.29, 1.82) is 0 Å². The van der Waals surface area contributed by atoms with Gasteiger partial charge in [0.25, 0.3) is 0 Å². The molecule has 0 bridgehead atoms. The van der Waals surface area contributed by atoms with Crippen molar-refractivity contribution in [3.05, 3.63) is 60.2 Å². The standard InChI is InChI=1S/C22H26N2O.ClH/c1-16(24-21(25)20-15-22(20)11-13-23-14-12-22)17-7-9-19(10-8-17)18-5-3-2-4-6-18;/h2-10,16,20,23H,11-15H2,1H3,(H,24,25);1H. The highest BCUT2D eigenvalue weighted by molar-refractivity contribution is 5.85. The fourth-order valence-electron chi connectivity index (χ4n) is 4.19. The molecule has 4 heteroatoms. The predicted molar refractivity (Wildman–Crippen MR) is 108 cm³/mol. The van der Waals surface area contributed by atoms with Crippen LogP contribution in [0.15, 0.2) is 54.6 Å². The molecule has 4 rings (SSSR count). The number of carbonyl (C=O) groups excluding carboxylic acids is 1. The number of carbonyl (C=O) groups is 1. The van der Waals surface area contributed by atoms with Gasteiger partial charge in [-0.25, -0.2) is 0 Å². The molecule has 0 radical (unpaired) electrons. The first kappa shape index (κ1) is 18.9. The zero-order valence-corrected chi connectivity index (χ0v) is 16.0. The van der Waals surface area contributed by atoms with E-state index in [0.29, 0.717) is 5.41 Å². The van der Waals surface area contributed by atoms with Crippen LogP contribution in [0.1, 0.15) is 37.8 Å². The van der Waals surface area contributed by atoms with Crippen LogP contribution < -0.4 is 10.6 Å². The van der Waals surface area contributed by atoms with Crippen molar-refractivity contribution in [1.82, 2.24) is 10.6 Å². The van der Waals surface area contributed by atoms with Gasteiger partial charge < -0.3 is 10.6 Å². The molecule has 26 heavy (non-hydrogen) atoms. The molecule has 1 saturated carbocycles. The molecule has 1 aliphatic carbocycles. The Labute approximate surface area is 162 Å². The average Bonchev–Trinajstić information content (AvgIpc) is 3.36. The molecule has 1 saturated heterocycles. The van der Waals surface area contributed by atoms with Gasteiger partial charge in [0, 0.05) is 5.92 Å². The number of halogens is 1. The van der Waals surface area contributed by atoms with Crippen LogP contribution in [0.25, 0.3) is 11.1 Å². The maximum absolute atomic E-state index is 12.6. The minimum Gasteiger partial charge on any atom is -0.349 e. The van der Waals surface area contributed by atoms with Crippen molar-refractivity contribution >= 4 is 18.3 Å². The summed E-state index contributed by atoms with van der Waals surface area (Å²) in [5.41, 5.74) is 3.88. The molecule has 2 atom stereocenters. The van der Waals surface area contributed by atoms with Crippen molar-refractivity contribution < 1.29 is 4.79 Å². The fraction of sp³-hybridized carbons (Fsp3) is 0.409. The highest BCUT2D eigenvalue weighted by Gasteiger charge is 2.57. The molecular weight excluding hydrogens is 344 g/mol. The lowest BCUT2D eigenvalue weighted by molar-refractivity contribution is -0.123. The molecule has 2 aromatic rings. The van der Waals surface area contributed by atoms with Gasteiger partial charge in [0.2, 0.25) is 5.91 Å². The van der Waals surface area contributed by atoms with Crippen molar-refractivity contribution in [2.24, 2.45) is 11.3 Å². The first-order valence-electron chi connectivity index (χ1n) is 9.34. The molecule has 2 N–H and O–H groups in total. The normalized spacial score (nSPS) is 21.5. The Hall–Kier alpha value is -1.84. The molecule has 0 aromatic heterocycles. The van der Waals surface area contributed by atoms with Crippen molar-refractivity contribution in [3.8, 4) is 11.1 Å². The summed E-state index contributed by atoms with van der Waals surface area (Å²) in [6.45, 7) is 4.19. The van der Waals surface area contributed by atoms with E-state index in [1.807, 2.05) is 6.07 Å². The number of rotatable bonds is 4. The molecule has 2 fully saturated rings. The van der Waals surface area contributed by atoms with Gasteiger partial charge in [0.05, 0.1) is 6.04 Å². The first-order valence-corrected chi connectivity index (χ1v) is 9.34. The van der Waals surface area contributed by atoms with E-state index in [-0.39, 0.29) is 30.3 Å². The highest BCUT2D eigenvalue weighted by Crippen LogP contribution is 2.58. The van der Waals surface area contributed by atoms with E-state index >= 15 is 0 Å². The molecule has 2 aliphatic rings.